The second kappa shape index (κ2) is 8.39. The summed E-state index contributed by atoms with van der Waals surface area (Å²) >= 11 is 0. The predicted octanol–water partition coefficient (Wildman–Crippen LogP) is 3.56. The van der Waals surface area contributed by atoms with E-state index in [0.717, 1.165) is 44.9 Å². The van der Waals surface area contributed by atoms with Crippen LogP contribution in [-0.2, 0) is 10.0 Å². The monoisotopic (exact) mass is 379 g/mol. The molecule has 0 radical (unpaired) electrons. The molecule has 144 valence electrons. The normalized spacial score (nSPS) is 24.8. The van der Waals surface area contributed by atoms with Crippen LogP contribution in [0.3, 0.4) is 0 Å². The lowest BCUT2D eigenvalue weighted by Gasteiger charge is -2.28. The smallest absolute Gasteiger partial charge is 0.319 e. The van der Waals surface area contributed by atoms with Gasteiger partial charge in [0, 0.05) is 19.1 Å². The number of nitrogens with one attached hydrogen (secondary N) is 2. The Morgan fingerprint density at radius 1 is 1.04 bits per heavy atom. The van der Waals surface area contributed by atoms with Gasteiger partial charge in [-0.1, -0.05) is 25.5 Å². The lowest BCUT2D eigenvalue weighted by molar-refractivity contribution is 0.239. The van der Waals surface area contributed by atoms with Crippen molar-refractivity contribution >= 4 is 21.7 Å². The SMILES string of the molecule is CC1CCC(NC(=O)Nc2ccccc2S(=O)(=O)N2CCCCC2)CC1. The van der Waals surface area contributed by atoms with E-state index < -0.39 is 10.0 Å². The van der Waals surface area contributed by atoms with Gasteiger partial charge in [-0.3, -0.25) is 0 Å². The number of sulfonamides is 1. The molecule has 2 N–H and O–H groups in total. The summed E-state index contributed by atoms with van der Waals surface area (Å²) in [5.74, 6) is 0.714. The van der Waals surface area contributed by atoms with Gasteiger partial charge in [0.25, 0.3) is 0 Å². The summed E-state index contributed by atoms with van der Waals surface area (Å²) < 4.78 is 27.5. The standard InChI is InChI=1S/C19H29N3O3S/c1-15-9-11-16(12-10-15)20-19(23)21-17-7-3-4-8-18(17)26(24,25)22-13-5-2-6-14-22/h3-4,7-8,15-16H,2,5-6,9-14H2,1H3,(H2,20,21,23). The second-order valence-corrected chi connectivity index (χ2v) is 9.42. The first kappa shape index (κ1) is 19.2. The molecule has 6 nitrogen and oxygen atoms in total. The number of rotatable bonds is 4. The highest BCUT2D eigenvalue weighted by Gasteiger charge is 2.28. The summed E-state index contributed by atoms with van der Waals surface area (Å²) in [7, 11) is -3.59. The van der Waals surface area contributed by atoms with E-state index in [1.165, 1.54) is 4.31 Å². The Kier molecular flexibility index (Phi) is 6.19. The van der Waals surface area contributed by atoms with Gasteiger partial charge in [0.05, 0.1) is 5.69 Å². The maximum atomic E-state index is 13.0. The molecule has 7 heteroatoms. The van der Waals surface area contributed by atoms with Crippen molar-refractivity contribution in [3.63, 3.8) is 0 Å². The number of anilines is 1. The fraction of sp³-hybridized carbons (Fsp3) is 0.632. The number of benzene rings is 1. The first-order chi connectivity index (χ1) is 12.5. The molecule has 0 atom stereocenters. The van der Waals surface area contributed by atoms with Crippen LogP contribution in [-0.4, -0.2) is 37.9 Å². The number of para-hydroxylation sites is 1. The van der Waals surface area contributed by atoms with Crippen molar-refractivity contribution in [3.05, 3.63) is 24.3 Å². The van der Waals surface area contributed by atoms with Crippen LogP contribution in [0.5, 0.6) is 0 Å². The van der Waals surface area contributed by atoms with E-state index in [-0.39, 0.29) is 17.0 Å². The number of amides is 2. The Bertz CT molecular complexity index is 721. The number of urea groups is 1. The van der Waals surface area contributed by atoms with Crippen molar-refractivity contribution in [1.29, 1.82) is 0 Å². The van der Waals surface area contributed by atoms with Crippen LogP contribution in [0.25, 0.3) is 0 Å². The van der Waals surface area contributed by atoms with Crippen LogP contribution in [0, 0.1) is 5.92 Å². The molecule has 1 saturated carbocycles. The largest absolute Gasteiger partial charge is 0.335 e. The summed E-state index contributed by atoms with van der Waals surface area (Å²) in [5, 5.41) is 5.75. The Labute approximate surface area is 156 Å². The van der Waals surface area contributed by atoms with Gasteiger partial charge in [0.15, 0.2) is 0 Å². The molecule has 0 aromatic heterocycles. The highest BCUT2D eigenvalue weighted by Crippen LogP contribution is 2.27. The summed E-state index contributed by atoms with van der Waals surface area (Å²) in [6, 6.07) is 6.50. The summed E-state index contributed by atoms with van der Waals surface area (Å²) in [6.45, 7) is 3.32. The Hall–Kier alpha value is -1.60. The minimum Gasteiger partial charge on any atom is -0.335 e. The molecular weight excluding hydrogens is 350 g/mol. The number of piperidine rings is 1. The molecule has 0 spiro atoms. The van der Waals surface area contributed by atoms with Crippen molar-refractivity contribution < 1.29 is 13.2 Å². The van der Waals surface area contributed by atoms with Crippen LogP contribution in [0.2, 0.25) is 0 Å². The quantitative estimate of drug-likeness (QED) is 0.839. The Morgan fingerprint density at radius 3 is 2.38 bits per heavy atom. The van der Waals surface area contributed by atoms with Crippen molar-refractivity contribution in [2.75, 3.05) is 18.4 Å². The molecule has 0 unspecified atom stereocenters. The van der Waals surface area contributed by atoms with Gasteiger partial charge >= 0.3 is 6.03 Å². The molecule has 1 aliphatic heterocycles. The van der Waals surface area contributed by atoms with E-state index in [0.29, 0.717) is 24.7 Å². The predicted molar refractivity (Wildman–Crippen MR) is 103 cm³/mol. The first-order valence-electron chi connectivity index (χ1n) is 9.63. The lowest BCUT2D eigenvalue weighted by atomic mass is 9.87. The van der Waals surface area contributed by atoms with Gasteiger partial charge < -0.3 is 10.6 Å². The zero-order valence-electron chi connectivity index (χ0n) is 15.4. The molecule has 1 heterocycles. The minimum absolute atomic E-state index is 0.164. The average Bonchev–Trinajstić information content (AvgIpc) is 2.64. The second-order valence-electron chi connectivity index (χ2n) is 7.52. The number of carbonyl (C=O) groups is 1. The van der Waals surface area contributed by atoms with Gasteiger partial charge in [-0.05, 0) is 56.6 Å². The third-order valence-electron chi connectivity index (χ3n) is 5.42. The van der Waals surface area contributed by atoms with E-state index in [1.54, 1.807) is 24.3 Å². The molecule has 3 rings (SSSR count). The lowest BCUT2D eigenvalue weighted by Crippen LogP contribution is -2.40. The van der Waals surface area contributed by atoms with E-state index in [2.05, 4.69) is 17.6 Å². The van der Waals surface area contributed by atoms with E-state index >= 15 is 0 Å². The zero-order chi connectivity index (χ0) is 18.6. The van der Waals surface area contributed by atoms with Crippen LogP contribution >= 0.6 is 0 Å². The number of nitrogens with zero attached hydrogens (tertiary/aromatic N) is 1. The average molecular weight is 380 g/mol. The maximum absolute atomic E-state index is 13.0. The van der Waals surface area contributed by atoms with Crippen molar-refractivity contribution in [2.45, 2.75) is 62.8 Å². The minimum atomic E-state index is -3.59. The number of carbonyl (C=O) groups excluding carboxylic acids is 1. The van der Waals surface area contributed by atoms with Gasteiger partial charge in [-0.2, -0.15) is 4.31 Å². The van der Waals surface area contributed by atoms with Crippen LogP contribution < -0.4 is 10.6 Å². The molecule has 1 aromatic carbocycles. The van der Waals surface area contributed by atoms with Gasteiger partial charge in [-0.25, -0.2) is 13.2 Å². The topological polar surface area (TPSA) is 78.5 Å². The fourth-order valence-corrected chi connectivity index (χ4v) is 5.45. The van der Waals surface area contributed by atoms with Gasteiger partial charge in [0.1, 0.15) is 4.90 Å². The van der Waals surface area contributed by atoms with Crippen molar-refractivity contribution in [3.8, 4) is 0 Å². The Balaban J connectivity index is 1.69. The van der Waals surface area contributed by atoms with Crippen LogP contribution in [0.1, 0.15) is 51.9 Å². The van der Waals surface area contributed by atoms with E-state index in [4.69, 9.17) is 0 Å². The van der Waals surface area contributed by atoms with Crippen molar-refractivity contribution in [1.82, 2.24) is 9.62 Å². The highest BCUT2D eigenvalue weighted by atomic mass is 32.2. The highest BCUT2D eigenvalue weighted by molar-refractivity contribution is 7.89. The fourth-order valence-electron chi connectivity index (χ4n) is 3.79. The summed E-state index contributed by atoms with van der Waals surface area (Å²) in [4.78, 5) is 12.6. The van der Waals surface area contributed by atoms with Crippen LogP contribution in [0.4, 0.5) is 10.5 Å². The molecule has 1 saturated heterocycles. The van der Waals surface area contributed by atoms with Crippen molar-refractivity contribution in [2.24, 2.45) is 5.92 Å². The molecule has 0 bridgehead atoms. The summed E-state index contributed by atoms with van der Waals surface area (Å²) in [5.41, 5.74) is 0.347. The number of hydrogen-bond acceptors (Lipinski definition) is 3. The maximum Gasteiger partial charge on any atom is 0.319 e. The first-order valence-corrected chi connectivity index (χ1v) is 11.1. The molecular formula is C19H29N3O3S. The Morgan fingerprint density at radius 2 is 1.69 bits per heavy atom. The molecule has 26 heavy (non-hydrogen) atoms. The molecule has 1 aliphatic carbocycles. The van der Waals surface area contributed by atoms with E-state index in [1.807, 2.05) is 0 Å². The summed E-state index contributed by atoms with van der Waals surface area (Å²) in [6.07, 6.45) is 7.01. The molecule has 1 aromatic rings. The zero-order valence-corrected chi connectivity index (χ0v) is 16.2. The van der Waals surface area contributed by atoms with Crippen LogP contribution in [0.15, 0.2) is 29.2 Å². The van der Waals surface area contributed by atoms with Gasteiger partial charge in [-0.15, -0.1) is 0 Å². The van der Waals surface area contributed by atoms with Gasteiger partial charge in [0.2, 0.25) is 10.0 Å². The molecule has 2 amide bonds. The molecule has 2 aliphatic rings. The third kappa shape index (κ3) is 4.57. The third-order valence-corrected chi connectivity index (χ3v) is 7.38. The van der Waals surface area contributed by atoms with E-state index in [9.17, 15) is 13.2 Å². The molecule has 2 fully saturated rings. The number of hydrogen-bond donors (Lipinski definition) is 2.